The summed E-state index contributed by atoms with van der Waals surface area (Å²) >= 11 is 7.97. The first-order valence-corrected chi connectivity index (χ1v) is 10.5. The van der Waals surface area contributed by atoms with Gasteiger partial charge in [0, 0.05) is 29.1 Å². The van der Waals surface area contributed by atoms with Gasteiger partial charge in [-0.05, 0) is 36.2 Å². The molecule has 2 aromatic carbocycles. The Balaban J connectivity index is 1.79. The van der Waals surface area contributed by atoms with Crippen LogP contribution in [0.4, 0.5) is 4.39 Å². The fourth-order valence-corrected chi connectivity index (χ4v) is 5.95. The van der Waals surface area contributed by atoms with E-state index in [9.17, 15) is 12.8 Å². The molecule has 1 saturated heterocycles. The molecule has 7 heteroatoms. The molecule has 0 N–H and O–H groups in total. The van der Waals surface area contributed by atoms with Crippen LogP contribution in [0.25, 0.3) is 0 Å². The Labute approximate surface area is 150 Å². The molecule has 0 aromatic heterocycles. The Morgan fingerprint density at radius 1 is 1.12 bits per heavy atom. The third-order valence-corrected chi connectivity index (χ3v) is 7.54. The molecule has 3 rings (SSSR count). The lowest BCUT2D eigenvalue weighted by molar-refractivity contribution is 0.427. The molecule has 0 radical (unpaired) electrons. The average molecular weight is 386 g/mol. The van der Waals surface area contributed by atoms with Crippen LogP contribution in [0.3, 0.4) is 0 Å². The summed E-state index contributed by atoms with van der Waals surface area (Å²) in [6.07, 6.45) is 0.670. The van der Waals surface area contributed by atoms with Gasteiger partial charge in [-0.1, -0.05) is 35.9 Å². The summed E-state index contributed by atoms with van der Waals surface area (Å²) in [5, 5.41) is 0.864. The monoisotopic (exact) mass is 385 g/mol. The van der Waals surface area contributed by atoms with Gasteiger partial charge >= 0.3 is 0 Å². The molecule has 1 aliphatic rings. The molecular weight excluding hydrogens is 369 g/mol. The minimum Gasteiger partial charge on any atom is -0.207 e. The molecule has 0 spiro atoms. The van der Waals surface area contributed by atoms with E-state index in [0.29, 0.717) is 30.3 Å². The number of halogens is 2. The van der Waals surface area contributed by atoms with Gasteiger partial charge in [0.1, 0.15) is 5.82 Å². The summed E-state index contributed by atoms with van der Waals surface area (Å²) in [6, 6.07) is 12.8. The molecule has 1 fully saturated rings. The largest absolute Gasteiger partial charge is 0.243 e. The summed E-state index contributed by atoms with van der Waals surface area (Å²) in [5.41, 5.74) is 1.04. The zero-order valence-corrected chi connectivity index (χ0v) is 15.2. The summed E-state index contributed by atoms with van der Waals surface area (Å²) in [5.74, 6) is 0.124. The predicted octanol–water partition coefficient (Wildman–Crippen LogP) is 4.35. The first-order chi connectivity index (χ1) is 11.5. The topological polar surface area (TPSA) is 37.4 Å². The van der Waals surface area contributed by atoms with Gasteiger partial charge in [-0.25, -0.2) is 12.8 Å². The first kappa shape index (κ1) is 17.7. The lowest BCUT2D eigenvalue weighted by Gasteiger charge is -2.20. The second-order valence-corrected chi connectivity index (χ2v) is 9.19. The van der Waals surface area contributed by atoms with Crippen molar-refractivity contribution in [2.45, 2.75) is 16.6 Å². The molecule has 24 heavy (non-hydrogen) atoms. The van der Waals surface area contributed by atoms with Crippen molar-refractivity contribution >= 4 is 33.4 Å². The van der Waals surface area contributed by atoms with Gasteiger partial charge in [-0.2, -0.15) is 16.1 Å². The van der Waals surface area contributed by atoms with E-state index in [1.807, 2.05) is 24.3 Å². The second-order valence-electron chi connectivity index (χ2n) is 5.53. The van der Waals surface area contributed by atoms with E-state index in [-0.39, 0.29) is 10.1 Å². The zero-order chi connectivity index (χ0) is 17.2. The smallest absolute Gasteiger partial charge is 0.207 e. The third-order valence-electron chi connectivity index (χ3n) is 3.99. The van der Waals surface area contributed by atoms with Crippen LogP contribution in [0.15, 0.2) is 53.4 Å². The van der Waals surface area contributed by atoms with Crippen molar-refractivity contribution in [3.8, 4) is 0 Å². The molecule has 128 valence electrons. The molecule has 2 aromatic rings. The maximum absolute atomic E-state index is 13.4. The number of rotatable bonds is 3. The highest BCUT2D eigenvalue weighted by Gasteiger charge is 2.29. The van der Waals surface area contributed by atoms with Crippen LogP contribution in [0.2, 0.25) is 5.02 Å². The Hall–Kier alpha value is -1.08. The second kappa shape index (κ2) is 7.44. The number of thioether (sulfide) groups is 1. The molecule has 1 aliphatic heterocycles. The first-order valence-electron chi connectivity index (χ1n) is 7.60. The molecule has 1 atom stereocenters. The number of benzene rings is 2. The van der Waals surface area contributed by atoms with Crippen LogP contribution in [0, 0.1) is 5.82 Å². The van der Waals surface area contributed by atoms with Crippen LogP contribution in [0.5, 0.6) is 0 Å². The van der Waals surface area contributed by atoms with E-state index in [2.05, 4.69) is 0 Å². The van der Waals surface area contributed by atoms with Crippen molar-refractivity contribution in [1.29, 1.82) is 0 Å². The maximum atomic E-state index is 13.4. The molecule has 3 nitrogen and oxygen atoms in total. The van der Waals surface area contributed by atoms with Gasteiger partial charge in [0.25, 0.3) is 0 Å². The van der Waals surface area contributed by atoms with E-state index >= 15 is 0 Å². The molecule has 0 saturated carbocycles. The maximum Gasteiger partial charge on any atom is 0.243 e. The molecule has 0 aliphatic carbocycles. The van der Waals surface area contributed by atoms with Crippen molar-refractivity contribution in [3.63, 3.8) is 0 Å². The number of sulfonamides is 1. The Morgan fingerprint density at radius 2 is 1.92 bits per heavy atom. The Bertz CT molecular complexity index is 829. The quantitative estimate of drug-likeness (QED) is 0.788. The zero-order valence-electron chi connectivity index (χ0n) is 12.9. The minimum absolute atomic E-state index is 0.00342. The molecular formula is C17H17ClFNO2S2. The van der Waals surface area contributed by atoms with Gasteiger partial charge in [-0.3, -0.25) is 0 Å². The molecule has 0 amide bonds. The molecule has 1 heterocycles. The van der Waals surface area contributed by atoms with E-state index in [0.717, 1.165) is 11.6 Å². The Kier molecular flexibility index (Phi) is 5.49. The highest BCUT2D eigenvalue weighted by Crippen LogP contribution is 2.38. The average Bonchev–Trinajstić information content (AvgIpc) is 2.82. The van der Waals surface area contributed by atoms with Crippen molar-refractivity contribution < 1.29 is 12.8 Å². The van der Waals surface area contributed by atoms with Crippen LogP contribution in [-0.4, -0.2) is 31.6 Å². The summed E-state index contributed by atoms with van der Waals surface area (Å²) in [6.45, 7) is 0.798. The standard InChI is InChI=1S/C17H17ClFNO2S2/c18-16-7-2-1-6-15(16)17-8-9-20(10-11-23-17)24(21,22)14-5-3-4-13(19)12-14/h1-7,12,17H,8-11H2. The lowest BCUT2D eigenvalue weighted by Crippen LogP contribution is -2.33. The third kappa shape index (κ3) is 3.77. The van der Waals surface area contributed by atoms with Crippen molar-refractivity contribution in [2.75, 3.05) is 18.8 Å². The van der Waals surface area contributed by atoms with Crippen LogP contribution >= 0.6 is 23.4 Å². The minimum atomic E-state index is -3.68. The molecule has 0 bridgehead atoms. The van der Waals surface area contributed by atoms with Crippen LogP contribution in [0.1, 0.15) is 17.2 Å². The van der Waals surface area contributed by atoms with Crippen LogP contribution in [-0.2, 0) is 10.0 Å². The highest BCUT2D eigenvalue weighted by atomic mass is 35.5. The lowest BCUT2D eigenvalue weighted by atomic mass is 10.1. The van der Waals surface area contributed by atoms with Crippen molar-refractivity contribution in [1.82, 2.24) is 4.31 Å². The van der Waals surface area contributed by atoms with Gasteiger partial charge in [0.2, 0.25) is 10.0 Å². The van der Waals surface area contributed by atoms with E-state index < -0.39 is 15.8 Å². The van der Waals surface area contributed by atoms with Gasteiger partial charge < -0.3 is 0 Å². The normalized spacial score (nSPS) is 19.8. The molecule has 1 unspecified atom stereocenters. The van der Waals surface area contributed by atoms with E-state index in [1.54, 1.807) is 11.8 Å². The van der Waals surface area contributed by atoms with Gasteiger partial charge in [-0.15, -0.1) is 0 Å². The highest BCUT2D eigenvalue weighted by molar-refractivity contribution is 7.99. The summed E-state index contributed by atoms with van der Waals surface area (Å²) in [4.78, 5) is 0.00342. The Morgan fingerprint density at radius 3 is 2.67 bits per heavy atom. The van der Waals surface area contributed by atoms with Crippen LogP contribution < -0.4 is 0 Å². The number of nitrogens with zero attached hydrogens (tertiary/aromatic N) is 1. The van der Waals surface area contributed by atoms with Crippen molar-refractivity contribution in [2.24, 2.45) is 0 Å². The van der Waals surface area contributed by atoms with Crippen molar-refractivity contribution in [3.05, 3.63) is 64.9 Å². The predicted molar refractivity (Wildman–Crippen MR) is 96.4 cm³/mol. The SMILES string of the molecule is O=S(=O)(c1cccc(F)c1)N1CCSC(c2ccccc2Cl)CC1. The fraction of sp³-hybridized carbons (Fsp3) is 0.294. The summed E-state index contributed by atoms with van der Waals surface area (Å²) in [7, 11) is -3.68. The summed E-state index contributed by atoms with van der Waals surface area (Å²) < 4.78 is 40.3. The van der Waals surface area contributed by atoms with Gasteiger partial charge in [0.15, 0.2) is 0 Å². The van der Waals surface area contributed by atoms with E-state index in [4.69, 9.17) is 11.6 Å². The van der Waals surface area contributed by atoms with Gasteiger partial charge in [0.05, 0.1) is 4.90 Å². The van der Waals surface area contributed by atoms with E-state index in [1.165, 1.54) is 22.5 Å². The number of hydrogen-bond acceptors (Lipinski definition) is 3. The number of hydrogen-bond donors (Lipinski definition) is 0. The fourth-order valence-electron chi connectivity index (χ4n) is 2.75.